The molecule has 2 amide bonds. The van der Waals surface area contributed by atoms with Crippen LogP contribution >= 0.6 is 11.3 Å². The Morgan fingerprint density at radius 2 is 2.10 bits per heavy atom. The third-order valence-corrected chi connectivity index (χ3v) is 5.44. The number of carbonyl (C=O) groups excluding carboxylic acids is 1. The molecule has 0 radical (unpaired) electrons. The number of carbonyl (C=O) groups is 1. The fourth-order valence-electron chi connectivity index (χ4n) is 1.60. The normalized spacial score (nSPS) is 11.4. The number of amides is 2. The number of hydrogen-bond donors (Lipinski definition) is 2. The summed E-state index contributed by atoms with van der Waals surface area (Å²) >= 11 is 1.63. The van der Waals surface area contributed by atoms with Crippen LogP contribution in [0.2, 0.25) is 0 Å². The lowest BCUT2D eigenvalue weighted by Crippen LogP contribution is -2.38. The summed E-state index contributed by atoms with van der Waals surface area (Å²) in [6.07, 6.45) is 0.566. The molecule has 0 fully saturated rings. The quantitative estimate of drug-likeness (QED) is 0.708. The van der Waals surface area contributed by atoms with Crippen molar-refractivity contribution in [3.63, 3.8) is 0 Å². The number of rotatable bonds is 8. The van der Waals surface area contributed by atoms with Gasteiger partial charge in [0.25, 0.3) is 0 Å². The molecule has 0 atom stereocenters. The Morgan fingerprint density at radius 1 is 1.38 bits per heavy atom. The molecule has 2 N–H and O–H groups in total. The van der Waals surface area contributed by atoms with Gasteiger partial charge >= 0.3 is 6.03 Å². The Labute approximate surface area is 130 Å². The van der Waals surface area contributed by atoms with Crippen molar-refractivity contribution in [3.8, 4) is 0 Å². The molecule has 0 unspecified atom stereocenters. The van der Waals surface area contributed by atoms with Crippen LogP contribution < -0.4 is 10.0 Å². The maximum Gasteiger partial charge on any atom is 0.317 e. The number of aryl methyl sites for hydroxylation is 1. The van der Waals surface area contributed by atoms with E-state index in [0.29, 0.717) is 26.1 Å². The highest BCUT2D eigenvalue weighted by molar-refractivity contribution is 7.89. The molecule has 1 aromatic heterocycles. The number of sulfonamides is 1. The Balaban J connectivity index is 2.23. The molecule has 0 bridgehead atoms. The molecule has 0 aliphatic rings. The van der Waals surface area contributed by atoms with Gasteiger partial charge in [0.1, 0.15) is 0 Å². The molecule has 0 spiro atoms. The summed E-state index contributed by atoms with van der Waals surface area (Å²) in [5.41, 5.74) is 1.19. The third kappa shape index (κ3) is 6.45. The highest BCUT2D eigenvalue weighted by Crippen LogP contribution is 2.17. The monoisotopic (exact) mass is 333 g/mol. The van der Waals surface area contributed by atoms with Gasteiger partial charge in [-0.1, -0.05) is 0 Å². The van der Waals surface area contributed by atoms with Gasteiger partial charge in [0.05, 0.1) is 12.3 Å². The van der Waals surface area contributed by atoms with Crippen molar-refractivity contribution in [1.29, 1.82) is 0 Å². The molecule has 1 heterocycles. The van der Waals surface area contributed by atoms with Crippen molar-refractivity contribution in [2.45, 2.75) is 26.8 Å². The number of urea groups is 1. The second kappa shape index (κ2) is 8.35. The van der Waals surface area contributed by atoms with Crippen LogP contribution in [0.15, 0.2) is 11.4 Å². The predicted molar refractivity (Wildman–Crippen MR) is 86.0 cm³/mol. The largest absolute Gasteiger partial charge is 0.338 e. The summed E-state index contributed by atoms with van der Waals surface area (Å²) in [6.45, 7) is 4.98. The first kappa shape index (κ1) is 17.9. The van der Waals surface area contributed by atoms with E-state index in [9.17, 15) is 13.2 Å². The number of thiophene rings is 1. The van der Waals surface area contributed by atoms with E-state index < -0.39 is 10.0 Å². The van der Waals surface area contributed by atoms with Gasteiger partial charge < -0.3 is 10.2 Å². The minimum Gasteiger partial charge on any atom is -0.338 e. The highest BCUT2D eigenvalue weighted by Gasteiger charge is 2.10. The average molecular weight is 333 g/mol. The molecule has 21 heavy (non-hydrogen) atoms. The zero-order valence-electron chi connectivity index (χ0n) is 12.7. The molecular weight excluding hydrogens is 310 g/mol. The first-order chi connectivity index (χ1) is 9.85. The molecule has 8 heteroatoms. The standard InChI is InChI=1S/C13H23N3O3S2/c1-4-21(18,19)15-8-5-7-14-13(17)16(3)10-12-11(2)6-9-20-12/h6,9,15H,4-5,7-8,10H2,1-3H3,(H,14,17). The fourth-order valence-corrected chi connectivity index (χ4v) is 3.22. The second-order valence-electron chi connectivity index (χ2n) is 4.77. The van der Waals surface area contributed by atoms with Gasteiger partial charge in [-0.3, -0.25) is 0 Å². The molecule has 0 saturated heterocycles. The van der Waals surface area contributed by atoms with Crippen LogP contribution in [0, 0.1) is 6.92 Å². The zero-order chi connectivity index (χ0) is 15.9. The van der Waals surface area contributed by atoms with Gasteiger partial charge in [0.2, 0.25) is 10.0 Å². The van der Waals surface area contributed by atoms with E-state index in [-0.39, 0.29) is 11.8 Å². The van der Waals surface area contributed by atoms with Gasteiger partial charge in [0.15, 0.2) is 0 Å². The van der Waals surface area contributed by atoms with Crippen molar-refractivity contribution >= 4 is 27.4 Å². The lowest BCUT2D eigenvalue weighted by molar-refractivity contribution is 0.207. The molecule has 0 aromatic carbocycles. The van der Waals surface area contributed by atoms with Crippen molar-refractivity contribution in [3.05, 3.63) is 21.9 Å². The SMILES string of the molecule is CCS(=O)(=O)NCCCNC(=O)N(C)Cc1sccc1C. The summed E-state index contributed by atoms with van der Waals surface area (Å²) in [5, 5.41) is 4.79. The molecule has 0 aliphatic heterocycles. The van der Waals surface area contributed by atoms with Crippen LogP contribution in [-0.4, -0.2) is 45.2 Å². The van der Waals surface area contributed by atoms with Crippen LogP contribution in [0.5, 0.6) is 0 Å². The fraction of sp³-hybridized carbons (Fsp3) is 0.615. The zero-order valence-corrected chi connectivity index (χ0v) is 14.3. The van der Waals surface area contributed by atoms with Crippen molar-refractivity contribution < 1.29 is 13.2 Å². The van der Waals surface area contributed by atoms with Gasteiger partial charge in [-0.05, 0) is 37.3 Å². The van der Waals surface area contributed by atoms with Gasteiger partial charge in [-0.25, -0.2) is 17.9 Å². The maximum atomic E-state index is 11.9. The van der Waals surface area contributed by atoms with Crippen molar-refractivity contribution in [2.24, 2.45) is 0 Å². The van der Waals surface area contributed by atoms with Gasteiger partial charge in [-0.2, -0.15) is 0 Å². The van der Waals surface area contributed by atoms with Gasteiger partial charge in [0, 0.05) is 25.0 Å². The molecule has 1 rings (SSSR count). The summed E-state index contributed by atoms with van der Waals surface area (Å²) in [7, 11) is -1.40. The third-order valence-electron chi connectivity index (χ3n) is 3.03. The lowest BCUT2D eigenvalue weighted by Gasteiger charge is -2.17. The number of nitrogens with zero attached hydrogens (tertiary/aromatic N) is 1. The van der Waals surface area contributed by atoms with Crippen LogP contribution in [0.1, 0.15) is 23.8 Å². The van der Waals surface area contributed by atoms with Crippen LogP contribution in [0.25, 0.3) is 0 Å². The minimum absolute atomic E-state index is 0.0717. The summed E-state index contributed by atoms with van der Waals surface area (Å²) in [6, 6.07) is 1.88. The first-order valence-electron chi connectivity index (χ1n) is 6.85. The van der Waals surface area contributed by atoms with E-state index in [1.807, 2.05) is 18.4 Å². The lowest BCUT2D eigenvalue weighted by atomic mass is 10.3. The molecular formula is C13H23N3O3S2. The molecule has 1 aromatic rings. The van der Waals surface area contributed by atoms with E-state index in [1.165, 1.54) is 10.4 Å². The molecule has 0 aliphatic carbocycles. The van der Waals surface area contributed by atoms with Crippen LogP contribution in [0.4, 0.5) is 4.79 Å². The van der Waals surface area contributed by atoms with Crippen molar-refractivity contribution in [2.75, 3.05) is 25.9 Å². The van der Waals surface area contributed by atoms with Crippen molar-refractivity contribution in [1.82, 2.24) is 14.9 Å². The Kier molecular flexibility index (Phi) is 7.13. The van der Waals surface area contributed by atoms with Crippen LogP contribution in [0.3, 0.4) is 0 Å². The van der Waals surface area contributed by atoms with E-state index in [0.717, 1.165) is 0 Å². The number of nitrogens with one attached hydrogen (secondary N) is 2. The summed E-state index contributed by atoms with van der Waals surface area (Å²) in [5.74, 6) is 0.0717. The summed E-state index contributed by atoms with van der Waals surface area (Å²) < 4.78 is 24.9. The maximum absolute atomic E-state index is 11.9. The number of hydrogen-bond acceptors (Lipinski definition) is 4. The molecule has 6 nitrogen and oxygen atoms in total. The topological polar surface area (TPSA) is 78.5 Å². The molecule has 120 valence electrons. The Hall–Kier alpha value is -1.12. The van der Waals surface area contributed by atoms with E-state index in [4.69, 9.17) is 0 Å². The minimum atomic E-state index is -3.15. The predicted octanol–water partition coefficient (Wildman–Crippen LogP) is 1.53. The van der Waals surface area contributed by atoms with Crippen LogP contribution in [-0.2, 0) is 16.6 Å². The Bertz CT molecular complexity index is 555. The van der Waals surface area contributed by atoms with E-state index in [2.05, 4.69) is 10.0 Å². The highest BCUT2D eigenvalue weighted by atomic mass is 32.2. The van der Waals surface area contributed by atoms with E-state index in [1.54, 1.807) is 30.2 Å². The van der Waals surface area contributed by atoms with E-state index >= 15 is 0 Å². The average Bonchev–Trinajstić information content (AvgIpc) is 2.83. The summed E-state index contributed by atoms with van der Waals surface area (Å²) in [4.78, 5) is 14.7. The smallest absolute Gasteiger partial charge is 0.317 e. The van der Waals surface area contributed by atoms with Gasteiger partial charge in [-0.15, -0.1) is 11.3 Å². The second-order valence-corrected chi connectivity index (χ2v) is 7.86. The first-order valence-corrected chi connectivity index (χ1v) is 9.38. The Morgan fingerprint density at radius 3 is 2.67 bits per heavy atom. The molecule has 0 saturated carbocycles.